The van der Waals surface area contributed by atoms with Crippen molar-refractivity contribution in [3.8, 4) is 21.9 Å². The minimum Gasteiger partial charge on any atom is -0.508 e. The van der Waals surface area contributed by atoms with E-state index in [9.17, 15) is 14.1 Å². The minimum atomic E-state index is -1.60. The lowest BCUT2D eigenvalue weighted by molar-refractivity contribution is -0.119. The highest BCUT2D eigenvalue weighted by Crippen LogP contribution is 2.37. The SMILES string of the molecule is COc1ccc(-c2sc(NC(=O)C3CCCC3)nc2C)cc1S(=O)Nc1ccc(O)cc1C. The number of carbonyl (C=O) groups is 1. The van der Waals surface area contributed by atoms with Crippen LogP contribution in [0.4, 0.5) is 10.8 Å². The molecule has 1 fully saturated rings. The van der Waals surface area contributed by atoms with Crippen LogP contribution in [0.25, 0.3) is 10.4 Å². The molecule has 9 heteroatoms. The first-order valence-electron chi connectivity index (χ1n) is 10.8. The van der Waals surface area contributed by atoms with Crippen LogP contribution in [0.15, 0.2) is 41.3 Å². The molecule has 1 unspecified atom stereocenters. The zero-order chi connectivity index (χ0) is 23.5. The van der Waals surface area contributed by atoms with Gasteiger partial charge in [-0.2, -0.15) is 0 Å². The maximum absolute atomic E-state index is 13.2. The van der Waals surface area contributed by atoms with Crippen LogP contribution >= 0.6 is 11.3 Å². The molecule has 0 radical (unpaired) electrons. The second kappa shape index (κ2) is 9.93. The van der Waals surface area contributed by atoms with Gasteiger partial charge in [0.15, 0.2) is 16.1 Å². The van der Waals surface area contributed by atoms with E-state index in [2.05, 4.69) is 15.0 Å². The summed E-state index contributed by atoms with van der Waals surface area (Å²) in [6, 6.07) is 10.3. The molecule has 1 saturated carbocycles. The molecule has 1 amide bonds. The largest absolute Gasteiger partial charge is 0.508 e. The summed E-state index contributed by atoms with van der Waals surface area (Å²) in [4.78, 5) is 18.4. The second-order valence-corrected chi connectivity index (χ2v) is 10.3. The highest BCUT2D eigenvalue weighted by atomic mass is 32.2. The first-order chi connectivity index (χ1) is 15.9. The molecule has 1 aliphatic rings. The summed E-state index contributed by atoms with van der Waals surface area (Å²) < 4.78 is 21.6. The maximum Gasteiger partial charge on any atom is 0.229 e. The van der Waals surface area contributed by atoms with E-state index in [1.165, 1.54) is 18.4 Å². The van der Waals surface area contributed by atoms with Gasteiger partial charge in [0.05, 0.1) is 17.7 Å². The van der Waals surface area contributed by atoms with E-state index in [1.807, 2.05) is 26.0 Å². The molecule has 33 heavy (non-hydrogen) atoms. The number of benzene rings is 2. The third kappa shape index (κ3) is 5.20. The number of aromatic nitrogens is 1. The molecule has 7 nitrogen and oxygen atoms in total. The summed E-state index contributed by atoms with van der Waals surface area (Å²) in [6.07, 6.45) is 4.07. The molecule has 1 aliphatic carbocycles. The monoisotopic (exact) mass is 485 g/mol. The number of nitrogens with zero attached hydrogens (tertiary/aromatic N) is 1. The van der Waals surface area contributed by atoms with Gasteiger partial charge in [0.25, 0.3) is 0 Å². The lowest BCUT2D eigenvalue weighted by Crippen LogP contribution is -2.20. The fourth-order valence-corrected chi connectivity index (χ4v) is 6.07. The molecule has 174 valence electrons. The Morgan fingerprint density at radius 1 is 1.18 bits per heavy atom. The molecule has 1 atom stereocenters. The zero-order valence-electron chi connectivity index (χ0n) is 18.8. The standard InChI is InChI=1S/C24H27N3O4S2/c1-14-12-18(28)9-10-19(14)27-33(30)21-13-17(8-11-20(21)31-3)22-15(2)25-24(32-22)26-23(29)16-6-4-5-7-16/h8-13,16,27-28H,4-7H2,1-3H3,(H,25,26,29). The van der Waals surface area contributed by atoms with Crippen molar-refractivity contribution < 1.29 is 18.8 Å². The number of amides is 1. The number of nitrogens with one attached hydrogen (secondary N) is 2. The first kappa shape index (κ1) is 23.3. The topological polar surface area (TPSA) is 101 Å². The van der Waals surface area contributed by atoms with Crippen molar-refractivity contribution in [3.63, 3.8) is 0 Å². The third-order valence-electron chi connectivity index (χ3n) is 5.79. The average molecular weight is 486 g/mol. The highest BCUT2D eigenvalue weighted by molar-refractivity contribution is 7.86. The Labute approximate surface area is 199 Å². The van der Waals surface area contributed by atoms with Crippen molar-refractivity contribution in [1.29, 1.82) is 0 Å². The first-order valence-corrected chi connectivity index (χ1v) is 12.8. The lowest BCUT2D eigenvalue weighted by atomic mass is 10.1. The number of hydrogen-bond donors (Lipinski definition) is 3. The summed E-state index contributed by atoms with van der Waals surface area (Å²) in [6.45, 7) is 3.73. The molecule has 0 spiro atoms. The summed E-state index contributed by atoms with van der Waals surface area (Å²) in [5.74, 6) is 0.762. The van der Waals surface area contributed by atoms with Crippen molar-refractivity contribution in [2.24, 2.45) is 5.92 Å². The number of phenols is 1. The number of ether oxygens (including phenoxy) is 1. The predicted octanol–water partition coefficient (Wildman–Crippen LogP) is 5.40. The number of rotatable bonds is 7. The number of aromatic hydroxyl groups is 1. The summed E-state index contributed by atoms with van der Waals surface area (Å²) in [5.41, 5.74) is 3.08. The number of anilines is 2. The Morgan fingerprint density at radius 2 is 1.94 bits per heavy atom. The van der Waals surface area contributed by atoms with Gasteiger partial charge < -0.3 is 19.9 Å². The molecule has 4 rings (SSSR count). The third-order valence-corrected chi connectivity index (χ3v) is 8.04. The van der Waals surface area contributed by atoms with Crippen molar-refractivity contribution in [1.82, 2.24) is 4.98 Å². The number of thiazole rings is 1. The van der Waals surface area contributed by atoms with Gasteiger partial charge in [-0.05, 0) is 74.2 Å². The quantitative estimate of drug-likeness (QED) is 0.389. The van der Waals surface area contributed by atoms with Crippen LogP contribution in [0.5, 0.6) is 11.5 Å². The Hall–Kier alpha value is -2.91. The van der Waals surface area contributed by atoms with Crippen molar-refractivity contribution in [2.75, 3.05) is 17.1 Å². The van der Waals surface area contributed by atoms with E-state index < -0.39 is 11.0 Å². The van der Waals surface area contributed by atoms with E-state index in [-0.39, 0.29) is 17.6 Å². The Bertz CT molecular complexity index is 1200. The fraction of sp³-hybridized carbons (Fsp3) is 0.333. The molecule has 0 saturated heterocycles. The fourth-order valence-electron chi connectivity index (χ4n) is 3.99. The van der Waals surface area contributed by atoms with Gasteiger partial charge >= 0.3 is 0 Å². The van der Waals surface area contributed by atoms with E-state index in [4.69, 9.17) is 4.74 Å². The van der Waals surface area contributed by atoms with Crippen molar-refractivity contribution in [3.05, 3.63) is 47.7 Å². The molecule has 3 N–H and O–H groups in total. The number of carbonyl (C=O) groups excluding carboxylic acids is 1. The number of aryl methyl sites for hydroxylation is 2. The van der Waals surface area contributed by atoms with Crippen molar-refractivity contribution in [2.45, 2.75) is 44.4 Å². The molecular formula is C24H27N3O4S2. The van der Waals surface area contributed by atoms with Crippen LogP contribution in [0, 0.1) is 19.8 Å². The normalized spacial score (nSPS) is 14.8. The van der Waals surface area contributed by atoms with Gasteiger partial charge in [0, 0.05) is 11.6 Å². The molecular weight excluding hydrogens is 458 g/mol. The van der Waals surface area contributed by atoms with Gasteiger partial charge in [-0.25, -0.2) is 9.19 Å². The number of methoxy groups -OCH3 is 1. The maximum atomic E-state index is 13.2. The minimum absolute atomic E-state index is 0.0396. The average Bonchev–Trinajstić information content (AvgIpc) is 3.45. The second-order valence-electron chi connectivity index (χ2n) is 8.14. The van der Waals surface area contributed by atoms with Crippen LogP contribution in [-0.4, -0.2) is 27.3 Å². The van der Waals surface area contributed by atoms with Gasteiger partial charge in [-0.1, -0.05) is 24.2 Å². The molecule has 1 aromatic heterocycles. The molecule has 0 bridgehead atoms. The predicted molar refractivity (Wildman–Crippen MR) is 132 cm³/mol. The van der Waals surface area contributed by atoms with Gasteiger partial charge in [0.1, 0.15) is 16.4 Å². The van der Waals surface area contributed by atoms with E-state index in [1.54, 1.807) is 24.3 Å². The molecule has 3 aromatic rings. The molecule has 1 heterocycles. The molecule has 2 aromatic carbocycles. The van der Waals surface area contributed by atoms with Gasteiger partial charge in [-0.3, -0.25) is 4.79 Å². The van der Waals surface area contributed by atoms with Crippen LogP contribution in [-0.2, 0) is 15.8 Å². The van der Waals surface area contributed by atoms with Gasteiger partial charge in [0.2, 0.25) is 5.91 Å². The van der Waals surface area contributed by atoms with Gasteiger partial charge in [-0.15, -0.1) is 0 Å². The summed E-state index contributed by atoms with van der Waals surface area (Å²) in [5, 5.41) is 13.2. The van der Waals surface area contributed by atoms with E-state index in [0.717, 1.165) is 47.4 Å². The van der Waals surface area contributed by atoms with Crippen LogP contribution in [0.3, 0.4) is 0 Å². The Kier molecular flexibility index (Phi) is 6.99. The molecule has 0 aliphatic heterocycles. The number of phenolic OH excluding ortho intramolecular Hbond substituents is 1. The number of hydrogen-bond acceptors (Lipinski definition) is 6. The highest BCUT2D eigenvalue weighted by Gasteiger charge is 2.24. The zero-order valence-corrected chi connectivity index (χ0v) is 20.4. The van der Waals surface area contributed by atoms with Crippen LogP contribution in [0.1, 0.15) is 36.9 Å². The van der Waals surface area contributed by atoms with E-state index in [0.29, 0.717) is 21.5 Å². The summed E-state index contributed by atoms with van der Waals surface area (Å²) in [7, 11) is -0.0618. The Balaban J connectivity index is 1.59. The lowest BCUT2D eigenvalue weighted by Gasteiger charge is -2.13. The smallest absolute Gasteiger partial charge is 0.229 e. The van der Waals surface area contributed by atoms with Crippen molar-refractivity contribution >= 4 is 39.0 Å². The Morgan fingerprint density at radius 3 is 2.64 bits per heavy atom. The van der Waals surface area contributed by atoms with Crippen LogP contribution < -0.4 is 14.8 Å². The van der Waals surface area contributed by atoms with Crippen LogP contribution in [0.2, 0.25) is 0 Å². The van der Waals surface area contributed by atoms with E-state index >= 15 is 0 Å². The summed E-state index contributed by atoms with van der Waals surface area (Å²) >= 11 is 1.41.